The number of furan rings is 1. The molecule has 0 saturated carbocycles. The minimum absolute atomic E-state index is 0.0429. The molecule has 32 heavy (non-hydrogen) atoms. The Morgan fingerprint density at radius 3 is 2.44 bits per heavy atom. The van der Waals surface area contributed by atoms with Gasteiger partial charge >= 0.3 is 0 Å². The van der Waals surface area contributed by atoms with E-state index in [1.807, 2.05) is 69.3 Å². The first kappa shape index (κ1) is 22.0. The second-order valence-corrected chi connectivity index (χ2v) is 8.90. The summed E-state index contributed by atoms with van der Waals surface area (Å²) >= 11 is 3.45. The molecule has 0 N–H and O–H groups in total. The molecule has 1 atom stereocenters. The van der Waals surface area contributed by atoms with Crippen LogP contribution in [0.1, 0.15) is 38.4 Å². The van der Waals surface area contributed by atoms with Gasteiger partial charge in [-0.3, -0.25) is 14.2 Å². The third-order valence-corrected chi connectivity index (χ3v) is 5.94. The smallest absolute Gasteiger partial charge is 0.266 e. The number of fused-ring (bicyclic) bond motifs is 1. The van der Waals surface area contributed by atoms with E-state index in [-0.39, 0.29) is 23.9 Å². The van der Waals surface area contributed by atoms with Crippen molar-refractivity contribution in [1.29, 1.82) is 0 Å². The number of hydrogen-bond acceptors (Lipinski definition) is 4. The van der Waals surface area contributed by atoms with Crippen molar-refractivity contribution in [2.75, 3.05) is 0 Å². The van der Waals surface area contributed by atoms with Crippen molar-refractivity contribution in [3.8, 4) is 5.69 Å². The van der Waals surface area contributed by atoms with Crippen LogP contribution in [-0.4, -0.2) is 20.4 Å². The average Bonchev–Trinajstić information content (AvgIpc) is 3.30. The fourth-order valence-electron chi connectivity index (χ4n) is 3.72. The third-order valence-electron chi connectivity index (χ3n) is 5.41. The number of benzene rings is 2. The molecule has 0 aliphatic rings. The molecule has 6 nitrogen and oxygen atoms in total. The van der Waals surface area contributed by atoms with Crippen LogP contribution in [0.4, 0.5) is 0 Å². The molecule has 7 heteroatoms. The van der Waals surface area contributed by atoms with Gasteiger partial charge in [0.25, 0.3) is 5.56 Å². The molecule has 0 aliphatic carbocycles. The summed E-state index contributed by atoms with van der Waals surface area (Å²) in [7, 11) is 0. The van der Waals surface area contributed by atoms with Crippen LogP contribution >= 0.6 is 15.9 Å². The van der Waals surface area contributed by atoms with Gasteiger partial charge in [0.2, 0.25) is 5.91 Å². The standard InChI is InChI=1S/C25H24BrN3O3/c1-16(2)24(30)28(15-20-7-6-14-32-20)17(3)23-27-22-9-5-4-8-21(22)25(31)29(23)19-12-10-18(26)11-13-19/h4-14,16-17H,15H2,1-3H3. The Balaban J connectivity index is 1.92. The van der Waals surface area contributed by atoms with Crippen LogP contribution in [0.5, 0.6) is 0 Å². The number of para-hydroxylation sites is 1. The van der Waals surface area contributed by atoms with Crippen LogP contribution in [0.25, 0.3) is 16.6 Å². The lowest BCUT2D eigenvalue weighted by atomic mass is 10.1. The Labute approximate surface area is 194 Å². The number of rotatable bonds is 6. The van der Waals surface area contributed by atoms with Crippen molar-refractivity contribution in [3.05, 3.63) is 93.3 Å². The number of hydrogen-bond donors (Lipinski definition) is 0. The zero-order chi connectivity index (χ0) is 22.8. The van der Waals surface area contributed by atoms with Crippen molar-refractivity contribution < 1.29 is 9.21 Å². The Kier molecular flexibility index (Phi) is 6.28. The maximum Gasteiger partial charge on any atom is 0.266 e. The second kappa shape index (κ2) is 9.12. The van der Waals surface area contributed by atoms with Gasteiger partial charge in [0.1, 0.15) is 11.6 Å². The highest BCUT2D eigenvalue weighted by atomic mass is 79.9. The van der Waals surface area contributed by atoms with E-state index in [4.69, 9.17) is 9.40 Å². The van der Waals surface area contributed by atoms with E-state index in [1.165, 1.54) is 0 Å². The summed E-state index contributed by atoms with van der Waals surface area (Å²) in [5.41, 5.74) is 1.12. The molecule has 0 spiro atoms. The summed E-state index contributed by atoms with van der Waals surface area (Å²) in [5, 5.41) is 0.527. The SMILES string of the molecule is CC(C)C(=O)N(Cc1ccco1)C(C)c1nc2ccccc2c(=O)n1-c1ccc(Br)cc1. The summed E-state index contributed by atoms with van der Waals surface area (Å²) in [6.45, 7) is 5.91. The van der Waals surface area contributed by atoms with Gasteiger partial charge in [0.05, 0.1) is 35.4 Å². The molecule has 0 bridgehead atoms. The predicted octanol–water partition coefficient (Wildman–Crippen LogP) is 5.49. The van der Waals surface area contributed by atoms with E-state index in [0.717, 1.165) is 4.47 Å². The lowest BCUT2D eigenvalue weighted by Gasteiger charge is -2.31. The molecule has 1 unspecified atom stereocenters. The van der Waals surface area contributed by atoms with E-state index in [9.17, 15) is 9.59 Å². The molecule has 0 aliphatic heterocycles. The van der Waals surface area contributed by atoms with Crippen LogP contribution in [0.15, 0.2) is 80.6 Å². The normalized spacial score (nSPS) is 12.3. The van der Waals surface area contributed by atoms with Gasteiger partial charge in [-0.1, -0.05) is 41.9 Å². The highest BCUT2D eigenvalue weighted by molar-refractivity contribution is 9.10. The first-order chi connectivity index (χ1) is 15.4. The van der Waals surface area contributed by atoms with E-state index >= 15 is 0 Å². The molecule has 2 heterocycles. The van der Waals surface area contributed by atoms with Gasteiger partial charge < -0.3 is 9.32 Å². The Hall–Kier alpha value is -3.19. The molecule has 4 aromatic rings. The lowest BCUT2D eigenvalue weighted by Crippen LogP contribution is -2.39. The van der Waals surface area contributed by atoms with Crippen molar-refractivity contribution in [1.82, 2.24) is 14.5 Å². The zero-order valence-corrected chi connectivity index (χ0v) is 19.7. The Bertz CT molecular complexity index is 1290. The van der Waals surface area contributed by atoms with Crippen LogP contribution in [0.3, 0.4) is 0 Å². The van der Waals surface area contributed by atoms with Gasteiger partial charge in [-0.25, -0.2) is 4.98 Å². The molecule has 4 rings (SSSR count). The fourth-order valence-corrected chi connectivity index (χ4v) is 3.98. The van der Waals surface area contributed by atoms with Crippen molar-refractivity contribution >= 4 is 32.7 Å². The number of amides is 1. The summed E-state index contributed by atoms with van der Waals surface area (Å²) in [6.07, 6.45) is 1.59. The van der Waals surface area contributed by atoms with Gasteiger partial charge in [-0.2, -0.15) is 0 Å². The predicted molar refractivity (Wildman–Crippen MR) is 128 cm³/mol. The van der Waals surface area contributed by atoms with Crippen LogP contribution < -0.4 is 5.56 Å². The number of aromatic nitrogens is 2. The van der Waals surface area contributed by atoms with Gasteiger partial charge in [-0.15, -0.1) is 0 Å². The van der Waals surface area contributed by atoms with Gasteiger partial charge in [0, 0.05) is 10.4 Å². The van der Waals surface area contributed by atoms with Crippen molar-refractivity contribution in [3.63, 3.8) is 0 Å². The van der Waals surface area contributed by atoms with Crippen molar-refractivity contribution in [2.45, 2.75) is 33.4 Å². The van der Waals surface area contributed by atoms with Crippen LogP contribution in [0, 0.1) is 5.92 Å². The van der Waals surface area contributed by atoms with Gasteiger partial charge in [-0.05, 0) is 55.5 Å². The highest BCUT2D eigenvalue weighted by Crippen LogP contribution is 2.26. The summed E-state index contributed by atoms with van der Waals surface area (Å²) in [4.78, 5) is 33.3. The van der Waals surface area contributed by atoms with E-state index in [0.29, 0.717) is 28.2 Å². The average molecular weight is 494 g/mol. The second-order valence-electron chi connectivity index (χ2n) is 7.98. The number of nitrogens with zero attached hydrogens (tertiary/aromatic N) is 3. The fraction of sp³-hybridized carbons (Fsp3) is 0.240. The van der Waals surface area contributed by atoms with E-state index in [1.54, 1.807) is 27.9 Å². The third kappa shape index (κ3) is 4.25. The summed E-state index contributed by atoms with van der Waals surface area (Å²) in [6, 6.07) is 17.9. The number of halogens is 1. The highest BCUT2D eigenvalue weighted by Gasteiger charge is 2.29. The number of carbonyl (C=O) groups excluding carboxylic acids is 1. The van der Waals surface area contributed by atoms with Crippen molar-refractivity contribution in [2.24, 2.45) is 5.92 Å². The Morgan fingerprint density at radius 1 is 1.06 bits per heavy atom. The van der Waals surface area contributed by atoms with E-state index in [2.05, 4.69) is 15.9 Å². The Morgan fingerprint density at radius 2 is 1.78 bits per heavy atom. The quantitative estimate of drug-likeness (QED) is 0.356. The monoisotopic (exact) mass is 493 g/mol. The minimum Gasteiger partial charge on any atom is -0.467 e. The largest absolute Gasteiger partial charge is 0.467 e. The molecule has 2 aromatic heterocycles. The molecule has 2 aromatic carbocycles. The molecule has 0 saturated heterocycles. The summed E-state index contributed by atoms with van der Waals surface area (Å²) in [5.74, 6) is 0.903. The van der Waals surface area contributed by atoms with E-state index < -0.39 is 6.04 Å². The molecule has 0 radical (unpaired) electrons. The summed E-state index contributed by atoms with van der Waals surface area (Å²) < 4.78 is 8.02. The molecule has 164 valence electrons. The maximum absolute atomic E-state index is 13.6. The number of carbonyl (C=O) groups is 1. The first-order valence-corrected chi connectivity index (χ1v) is 11.3. The molecule has 1 amide bonds. The minimum atomic E-state index is -0.476. The van der Waals surface area contributed by atoms with Gasteiger partial charge in [0.15, 0.2) is 0 Å². The first-order valence-electron chi connectivity index (χ1n) is 10.5. The zero-order valence-electron chi connectivity index (χ0n) is 18.2. The van der Waals surface area contributed by atoms with Crippen LogP contribution in [-0.2, 0) is 11.3 Å². The molecular weight excluding hydrogens is 470 g/mol. The topological polar surface area (TPSA) is 68.3 Å². The molecule has 0 fully saturated rings. The molecular formula is C25H24BrN3O3. The van der Waals surface area contributed by atoms with Crippen LogP contribution in [0.2, 0.25) is 0 Å². The lowest BCUT2D eigenvalue weighted by molar-refractivity contribution is -0.137. The maximum atomic E-state index is 13.6.